The van der Waals surface area contributed by atoms with Gasteiger partial charge in [0.15, 0.2) is 0 Å². The van der Waals surface area contributed by atoms with Crippen molar-refractivity contribution in [3.05, 3.63) is 29.8 Å². The predicted octanol–water partition coefficient (Wildman–Crippen LogP) is 3.16. The first-order chi connectivity index (χ1) is 7.13. The van der Waals surface area contributed by atoms with Gasteiger partial charge in [0.1, 0.15) is 5.75 Å². The molecule has 0 amide bonds. The summed E-state index contributed by atoms with van der Waals surface area (Å²) in [6.45, 7) is 6.84. The van der Waals surface area contributed by atoms with Crippen LogP contribution in [0.5, 0.6) is 5.75 Å². The minimum absolute atomic E-state index is 0.409. The van der Waals surface area contributed by atoms with E-state index < -0.39 is 6.10 Å². The van der Waals surface area contributed by atoms with Gasteiger partial charge in [-0.05, 0) is 30.5 Å². The predicted molar refractivity (Wildman–Crippen MR) is 62.0 cm³/mol. The molecule has 0 spiro atoms. The Labute approximate surface area is 91.9 Å². The normalized spacial score (nSPS) is 14.7. The number of hydrogen-bond acceptors (Lipinski definition) is 2. The van der Waals surface area contributed by atoms with E-state index in [2.05, 4.69) is 13.8 Å². The van der Waals surface area contributed by atoms with Gasteiger partial charge in [-0.3, -0.25) is 0 Å². The van der Waals surface area contributed by atoms with E-state index in [0.717, 1.165) is 24.3 Å². The van der Waals surface area contributed by atoms with E-state index in [-0.39, 0.29) is 0 Å². The third-order valence-corrected chi connectivity index (χ3v) is 2.59. The molecule has 0 radical (unpaired) electrons. The van der Waals surface area contributed by atoms with Crippen molar-refractivity contribution in [1.29, 1.82) is 0 Å². The number of aliphatic hydroxyl groups is 1. The van der Waals surface area contributed by atoms with Gasteiger partial charge < -0.3 is 9.84 Å². The fourth-order valence-electron chi connectivity index (χ4n) is 1.20. The SMILES string of the molecule is CCC(C)COc1ccc([C@H](C)O)cc1. The van der Waals surface area contributed by atoms with Gasteiger partial charge in [0.25, 0.3) is 0 Å². The Hall–Kier alpha value is -1.02. The Morgan fingerprint density at radius 1 is 1.20 bits per heavy atom. The monoisotopic (exact) mass is 208 g/mol. The third-order valence-electron chi connectivity index (χ3n) is 2.59. The Balaban J connectivity index is 2.50. The van der Waals surface area contributed by atoms with Crippen LogP contribution in [0.15, 0.2) is 24.3 Å². The fourth-order valence-corrected chi connectivity index (χ4v) is 1.20. The van der Waals surface area contributed by atoms with Crippen molar-refractivity contribution in [1.82, 2.24) is 0 Å². The van der Waals surface area contributed by atoms with E-state index >= 15 is 0 Å². The number of aliphatic hydroxyl groups excluding tert-OH is 1. The Morgan fingerprint density at radius 2 is 1.80 bits per heavy atom. The zero-order valence-electron chi connectivity index (χ0n) is 9.73. The molecule has 1 aromatic rings. The molecule has 0 aliphatic carbocycles. The first kappa shape index (κ1) is 12.1. The summed E-state index contributed by atoms with van der Waals surface area (Å²) in [5.74, 6) is 1.46. The molecule has 1 N–H and O–H groups in total. The average molecular weight is 208 g/mol. The molecule has 1 aromatic carbocycles. The van der Waals surface area contributed by atoms with Crippen molar-refractivity contribution in [3.8, 4) is 5.75 Å². The number of hydrogen-bond donors (Lipinski definition) is 1. The molecule has 0 saturated carbocycles. The molecule has 0 bridgehead atoms. The molecule has 1 unspecified atom stereocenters. The van der Waals surface area contributed by atoms with Gasteiger partial charge in [0, 0.05) is 0 Å². The molecule has 0 fully saturated rings. The maximum absolute atomic E-state index is 9.33. The van der Waals surface area contributed by atoms with Crippen LogP contribution in [-0.2, 0) is 0 Å². The highest BCUT2D eigenvalue weighted by atomic mass is 16.5. The quantitative estimate of drug-likeness (QED) is 0.805. The first-order valence-electron chi connectivity index (χ1n) is 5.54. The van der Waals surface area contributed by atoms with Gasteiger partial charge in [-0.15, -0.1) is 0 Å². The highest BCUT2D eigenvalue weighted by Gasteiger charge is 2.02. The maximum Gasteiger partial charge on any atom is 0.119 e. The van der Waals surface area contributed by atoms with Crippen molar-refractivity contribution < 1.29 is 9.84 Å². The van der Waals surface area contributed by atoms with Crippen LogP contribution in [0, 0.1) is 5.92 Å². The highest BCUT2D eigenvalue weighted by molar-refractivity contribution is 5.28. The zero-order valence-corrected chi connectivity index (χ0v) is 9.73. The molecule has 2 heteroatoms. The van der Waals surface area contributed by atoms with Gasteiger partial charge >= 0.3 is 0 Å². The molecule has 0 saturated heterocycles. The van der Waals surface area contributed by atoms with E-state index in [1.165, 1.54) is 0 Å². The Bertz CT molecular complexity index is 277. The van der Waals surface area contributed by atoms with Gasteiger partial charge in [0.2, 0.25) is 0 Å². The average Bonchev–Trinajstić information content (AvgIpc) is 2.26. The van der Waals surface area contributed by atoms with Crippen LogP contribution in [0.4, 0.5) is 0 Å². The lowest BCUT2D eigenvalue weighted by atomic mass is 10.1. The number of ether oxygens (including phenoxy) is 1. The number of rotatable bonds is 5. The Kier molecular flexibility index (Phi) is 4.63. The second-order valence-electron chi connectivity index (χ2n) is 4.07. The van der Waals surface area contributed by atoms with Gasteiger partial charge in [-0.1, -0.05) is 32.4 Å². The summed E-state index contributed by atoms with van der Waals surface area (Å²) in [6.07, 6.45) is 0.722. The second kappa shape index (κ2) is 5.76. The molecule has 15 heavy (non-hydrogen) atoms. The number of benzene rings is 1. The summed E-state index contributed by atoms with van der Waals surface area (Å²) < 4.78 is 5.61. The standard InChI is InChI=1S/C13H20O2/c1-4-10(2)9-15-13-7-5-12(6-8-13)11(3)14/h5-8,10-11,14H,4,9H2,1-3H3/t10?,11-/m0/s1. The molecule has 2 atom stereocenters. The second-order valence-corrected chi connectivity index (χ2v) is 4.07. The zero-order chi connectivity index (χ0) is 11.3. The molecule has 2 nitrogen and oxygen atoms in total. The minimum Gasteiger partial charge on any atom is -0.493 e. The molecule has 0 heterocycles. The minimum atomic E-state index is -0.409. The molecular formula is C13H20O2. The maximum atomic E-state index is 9.33. The van der Waals surface area contributed by atoms with Crippen LogP contribution >= 0.6 is 0 Å². The lowest BCUT2D eigenvalue weighted by Crippen LogP contribution is -2.07. The van der Waals surface area contributed by atoms with Gasteiger partial charge in [-0.2, -0.15) is 0 Å². The Morgan fingerprint density at radius 3 is 2.27 bits per heavy atom. The van der Waals surface area contributed by atoms with E-state index in [4.69, 9.17) is 4.74 Å². The fraction of sp³-hybridized carbons (Fsp3) is 0.538. The van der Waals surface area contributed by atoms with E-state index in [1.807, 2.05) is 24.3 Å². The van der Waals surface area contributed by atoms with Gasteiger partial charge in [-0.25, -0.2) is 0 Å². The summed E-state index contributed by atoms with van der Waals surface area (Å²) in [4.78, 5) is 0. The summed E-state index contributed by atoms with van der Waals surface area (Å²) in [5.41, 5.74) is 0.922. The highest BCUT2D eigenvalue weighted by Crippen LogP contribution is 2.18. The third kappa shape index (κ3) is 3.92. The topological polar surface area (TPSA) is 29.5 Å². The van der Waals surface area contributed by atoms with E-state index in [9.17, 15) is 5.11 Å². The van der Waals surface area contributed by atoms with E-state index in [0.29, 0.717) is 5.92 Å². The van der Waals surface area contributed by atoms with Crippen LogP contribution in [0.1, 0.15) is 38.9 Å². The van der Waals surface area contributed by atoms with Crippen LogP contribution < -0.4 is 4.74 Å². The first-order valence-corrected chi connectivity index (χ1v) is 5.54. The summed E-state index contributed by atoms with van der Waals surface area (Å²) in [6, 6.07) is 7.61. The van der Waals surface area contributed by atoms with Crippen molar-refractivity contribution in [2.24, 2.45) is 5.92 Å². The molecule has 0 aromatic heterocycles. The summed E-state index contributed by atoms with van der Waals surface area (Å²) >= 11 is 0. The summed E-state index contributed by atoms with van der Waals surface area (Å²) in [7, 11) is 0. The molecule has 84 valence electrons. The van der Waals surface area contributed by atoms with Crippen LogP contribution in [0.3, 0.4) is 0 Å². The molecule has 1 rings (SSSR count). The summed E-state index contributed by atoms with van der Waals surface area (Å²) in [5, 5.41) is 9.33. The van der Waals surface area contributed by atoms with Crippen molar-refractivity contribution in [3.63, 3.8) is 0 Å². The smallest absolute Gasteiger partial charge is 0.119 e. The lowest BCUT2D eigenvalue weighted by molar-refractivity contribution is 0.199. The molecule has 0 aliphatic rings. The van der Waals surface area contributed by atoms with Gasteiger partial charge in [0.05, 0.1) is 12.7 Å². The molecular weight excluding hydrogens is 188 g/mol. The molecule has 0 aliphatic heterocycles. The van der Waals surface area contributed by atoms with Crippen molar-refractivity contribution in [2.45, 2.75) is 33.3 Å². The van der Waals surface area contributed by atoms with Crippen LogP contribution in [-0.4, -0.2) is 11.7 Å². The van der Waals surface area contributed by atoms with E-state index in [1.54, 1.807) is 6.92 Å². The van der Waals surface area contributed by atoms with Crippen LogP contribution in [0.2, 0.25) is 0 Å². The largest absolute Gasteiger partial charge is 0.493 e. The van der Waals surface area contributed by atoms with Crippen molar-refractivity contribution >= 4 is 0 Å². The lowest BCUT2D eigenvalue weighted by Gasteiger charge is -2.11. The van der Waals surface area contributed by atoms with Crippen LogP contribution in [0.25, 0.3) is 0 Å². The van der Waals surface area contributed by atoms with Crippen molar-refractivity contribution in [2.75, 3.05) is 6.61 Å².